The monoisotopic (exact) mass is 357 g/mol. The van der Waals surface area contributed by atoms with Crippen molar-refractivity contribution in [2.75, 3.05) is 0 Å². The molecule has 0 atom stereocenters. The lowest BCUT2D eigenvalue weighted by Crippen LogP contribution is -2.39. The van der Waals surface area contributed by atoms with Crippen LogP contribution in [0.5, 0.6) is 11.8 Å². The van der Waals surface area contributed by atoms with Crippen LogP contribution in [-0.2, 0) is 11.3 Å². The van der Waals surface area contributed by atoms with Gasteiger partial charge in [0, 0.05) is 12.8 Å². The lowest BCUT2D eigenvalue weighted by molar-refractivity contribution is -0.0696. The minimum Gasteiger partial charge on any atom is -0.491 e. The minimum atomic E-state index is -0.252. The number of hydrogen-bond acceptors (Lipinski definition) is 7. The molecule has 0 radical (unpaired) electrons. The molecule has 1 fully saturated rings. The van der Waals surface area contributed by atoms with Crippen LogP contribution in [0.4, 0.5) is 4.39 Å². The van der Waals surface area contributed by atoms with Gasteiger partial charge < -0.3 is 19.1 Å². The van der Waals surface area contributed by atoms with E-state index in [2.05, 4.69) is 15.1 Å². The van der Waals surface area contributed by atoms with Crippen molar-refractivity contribution in [1.29, 1.82) is 0 Å². The third-order valence-corrected chi connectivity index (χ3v) is 4.12. The van der Waals surface area contributed by atoms with E-state index in [1.165, 1.54) is 30.6 Å². The predicted molar refractivity (Wildman–Crippen MR) is 87.8 cm³/mol. The molecule has 134 valence electrons. The van der Waals surface area contributed by atoms with Gasteiger partial charge in [-0.3, -0.25) is 0 Å². The van der Waals surface area contributed by atoms with Crippen molar-refractivity contribution < 1.29 is 23.5 Å². The first-order valence-electron chi connectivity index (χ1n) is 8.16. The molecule has 0 unspecified atom stereocenters. The lowest BCUT2D eigenvalue weighted by Gasteiger charge is -2.34. The number of benzene rings is 1. The van der Waals surface area contributed by atoms with Crippen LogP contribution in [0.2, 0.25) is 0 Å². The van der Waals surface area contributed by atoms with Gasteiger partial charge in [0.2, 0.25) is 5.88 Å². The van der Waals surface area contributed by atoms with Gasteiger partial charge in [-0.2, -0.15) is 0 Å². The van der Waals surface area contributed by atoms with E-state index in [4.69, 9.17) is 14.0 Å². The summed E-state index contributed by atoms with van der Waals surface area (Å²) in [6, 6.07) is 7.64. The predicted octanol–water partition coefficient (Wildman–Crippen LogP) is 3.10. The van der Waals surface area contributed by atoms with Crippen LogP contribution in [0.25, 0.3) is 11.5 Å². The molecule has 1 aliphatic rings. The Morgan fingerprint density at radius 2 is 1.92 bits per heavy atom. The van der Waals surface area contributed by atoms with Gasteiger partial charge in [-0.15, -0.1) is 0 Å². The maximum atomic E-state index is 12.9. The molecule has 0 bridgehead atoms. The molecule has 0 aliphatic heterocycles. The van der Waals surface area contributed by atoms with Gasteiger partial charge in [0.15, 0.2) is 5.76 Å². The maximum Gasteiger partial charge on any atom is 0.252 e. The molecule has 0 amide bonds. The quantitative estimate of drug-likeness (QED) is 0.725. The van der Waals surface area contributed by atoms with Crippen molar-refractivity contribution in [3.8, 4) is 23.2 Å². The van der Waals surface area contributed by atoms with Crippen molar-refractivity contribution in [2.45, 2.75) is 31.7 Å². The Bertz CT molecular complexity index is 861. The molecule has 1 aliphatic carbocycles. The molecule has 2 aromatic heterocycles. The number of ether oxygens (including phenoxy) is 2. The normalized spacial score (nSPS) is 19.1. The summed E-state index contributed by atoms with van der Waals surface area (Å²) in [4.78, 5) is 8.36. The summed E-state index contributed by atoms with van der Waals surface area (Å²) in [6.07, 6.45) is 4.68. The lowest BCUT2D eigenvalue weighted by atomic mass is 9.92. The van der Waals surface area contributed by atoms with E-state index in [-0.39, 0.29) is 23.9 Å². The molecule has 26 heavy (non-hydrogen) atoms. The van der Waals surface area contributed by atoms with Crippen LogP contribution in [-0.4, -0.2) is 32.4 Å². The molecule has 1 aromatic carbocycles. The standard InChI is InChI=1S/C18H16FN3O4/c19-12-3-1-11(2-4-12)10-24-13-5-14(6-13)25-18-9-20-15(8-21-18)16-7-17(23)22-26-16/h1-4,7-9,13-14H,5-6,10H2,(H,22,23)/t13-,14+. The van der Waals surface area contributed by atoms with Crippen molar-refractivity contribution in [1.82, 2.24) is 15.1 Å². The zero-order valence-corrected chi connectivity index (χ0v) is 13.7. The van der Waals surface area contributed by atoms with Gasteiger partial charge in [-0.1, -0.05) is 12.1 Å². The van der Waals surface area contributed by atoms with Crippen molar-refractivity contribution >= 4 is 0 Å². The fourth-order valence-electron chi connectivity index (χ4n) is 2.61. The van der Waals surface area contributed by atoms with Gasteiger partial charge in [0.1, 0.15) is 17.6 Å². The van der Waals surface area contributed by atoms with Crippen LogP contribution in [0, 0.1) is 5.82 Å². The Kier molecular flexibility index (Phi) is 4.49. The van der Waals surface area contributed by atoms with Gasteiger partial charge in [0.05, 0.1) is 31.2 Å². The largest absolute Gasteiger partial charge is 0.491 e. The van der Waals surface area contributed by atoms with E-state index < -0.39 is 0 Å². The molecule has 0 saturated heterocycles. The Morgan fingerprint density at radius 1 is 1.12 bits per heavy atom. The fraction of sp³-hybridized carbons (Fsp3) is 0.278. The summed E-state index contributed by atoms with van der Waals surface area (Å²) in [7, 11) is 0. The van der Waals surface area contributed by atoms with Gasteiger partial charge in [-0.25, -0.2) is 14.4 Å². The first-order chi connectivity index (χ1) is 12.7. The maximum absolute atomic E-state index is 12.9. The van der Waals surface area contributed by atoms with E-state index in [1.54, 1.807) is 12.1 Å². The first-order valence-corrected chi connectivity index (χ1v) is 8.16. The smallest absolute Gasteiger partial charge is 0.252 e. The van der Waals surface area contributed by atoms with Crippen LogP contribution in [0.15, 0.2) is 47.2 Å². The number of halogens is 1. The molecule has 8 heteroatoms. The summed E-state index contributed by atoms with van der Waals surface area (Å²) in [6.45, 7) is 0.455. The van der Waals surface area contributed by atoms with Crippen LogP contribution in [0.1, 0.15) is 18.4 Å². The summed E-state index contributed by atoms with van der Waals surface area (Å²) < 4.78 is 29.3. The number of hydrogen-bond donors (Lipinski definition) is 1. The number of aromatic nitrogens is 3. The van der Waals surface area contributed by atoms with Crippen molar-refractivity contribution in [2.24, 2.45) is 0 Å². The van der Waals surface area contributed by atoms with E-state index in [0.717, 1.165) is 18.4 Å². The Hall–Kier alpha value is -3.00. The number of nitrogens with zero attached hydrogens (tertiary/aromatic N) is 3. The Labute approximate surface area is 148 Å². The second-order valence-electron chi connectivity index (χ2n) is 6.06. The third-order valence-electron chi connectivity index (χ3n) is 4.12. The van der Waals surface area contributed by atoms with E-state index in [9.17, 15) is 9.50 Å². The highest BCUT2D eigenvalue weighted by atomic mass is 19.1. The molecule has 0 spiro atoms. The van der Waals surface area contributed by atoms with Crippen molar-refractivity contribution in [3.63, 3.8) is 0 Å². The Morgan fingerprint density at radius 3 is 2.58 bits per heavy atom. The highest BCUT2D eigenvalue weighted by Crippen LogP contribution is 2.29. The average Bonchev–Trinajstić information content (AvgIpc) is 3.05. The molecule has 2 heterocycles. The highest BCUT2D eigenvalue weighted by molar-refractivity contribution is 5.51. The van der Waals surface area contributed by atoms with Crippen LogP contribution < -0.4 is 4.74 Å². The summed E-state index contributed by atoms with van der Waals surface area (Å²) >= 11 is 0. The van der Waals surface area contributed by atoms with Crippen molar-refractivity contribution in [3.05, 3.63) is 54.1 Å². The third kappa shape index (κ3) is 3.80. The SMILES string of the molecule is Oc1cc(-c2cnc(O[C@H]3C[C@@H](OCc4ccc(F)cc4)C3)cn2)on1. The molecule has 3 aromatic rings. The highest BCUT2D eigenvalue weighted by Gasteiger charge is 2.32. The van der Waals surface area contributed by atoms with Gasteiger partial charge >= 0.3 is 0 Å². The van der Waals surface area contributed by atoms with Crippen LogP contribution >= 0.6 is 0 Å². The second kappa shape index (κ2) is 7.09. The van der Waals surface area contributed by atoms with Gasteiger partial charge in [0.25, 0.3) is 5.88 Å². The minimum absolute atomic E-state index is 0.0303. The second-order valence-corrected chi connectivity index (χ2v) is 6.06. The van der Waals surface area contributed by atoms with E-state index >= 15 is 0 Å². The number of rotatable bonds is 6. The van der Waals surface area contributed by atoms with Gasteiger partial charge in [-0.05, 0) is 22.9 Å². The van der Waals surface area contributed by atoms with Crippen LogP contribution in [0.3, 0.4) is 0 Å². The summed E-state index contributed by atoms with van der Waals surface area (Å²) in [5.74, 6) is 0.292. The Balaban J connectivity index is 1.23. The summed E-state index contributed by atoms with van der Waals surface area (Å²) in [5.41, 5.74) is 1.40. The van der Waals surface area contributed by atoms with E-state index in [0.29, 0.717) is 23.9 Å². The zero-order chi connectivity index (χ0) is 17.9. The fourth-order valence-corrected chi connectivity index (χ4v) is 2.61. The average molecular weight is 357 g/mol. The topological polar surface area (TPSA) is 90.5 Å². The number of aromatic hydroxyl groups is 1. The molecule has 1 saturated carbocycles. The molecule has 7 nitrogen and oxygen atoms in total. The zero-order valence-electron chi connectivity index (χ0n) is 13.7. The first kappa shape index (κ1) is 16.5. The molecule has 1 N–H and O–H groups in total. The summed E-state index contributed by atoms with van der Waals surface area (Å²) in [5, 5.41) is 12.6. The molecule has 4 rings (SSSR count). The molecular formula is C18H16FN3O4. The molecular weight excluding hydrogens is 341 g/mol. The van der Waals surface area contributed by atoms with E-state index in [1.807, 2.05) is 0 Å².